The van der Waals surface area contributed by atoms with E-state index in [2.05, 4.69) is 47.6 Å². The number of hydrogen-bond donors (Lipinski definition) is 2. The fraction of sp³-hybridized carbons (Fsp3) is 0.647. The van der Waals surface area contributed by atoms with Crippen LogP contribution in [0, 0.1) is 5.92 Å². The molecule has 6 nitrogen and oxygen atoms in total. The Kier molecular flexibility index (Phi) is 4.55. The largest absolute Gasteiger partial charge is 0.373 e. The van der Waals surface area contributed by atoms with Crippen molar-refractivity contribution in [2.45, 2.75) is 45.3 Å². The number of rotatable bonds is 5. The Bertz CT molecular complexity index is 639. The van der Waals surface area contributed by atoms with Gasteiger partial charge < -0.3 is 10.1 Å². The van der Waals surface area contributed by atoms with E-state index in [1.165, 1.54) is 16.8 Å². The average Bonchev–Trinajstić information content (AvgIpc) is 3.17. The first kappa shape index (κ1) is 16.2. The third kappa shape index (κ3) is 3.64. The molecule has 1 fully saturated rings. The molecule has 1 aliphatic rings. The fourth-order valence-electron chi connectivity index (χ4n) is 3.29. The van der Waals surface area contributed by atoms with E-state index >= 15 is 0 Å². The van der Waals surface area contributed by atoms with Crippen molar-refractivity contribution in [2.75, 3.05) is 13.2 Å². The van der Waals surface area contributed by atoms with E-state index in [1.807, 2.05) is 24.1 Å². The lowest BCUT2D eigenvalue weighted by atomic mass is 9.89. The van der Waals surface area contributed by atoms with Gasteiger partial charge >= 0.3 is 0 Å². The molecule has 0 saturated carbocycles. The monoisotopic (exact) mass is 317 g/mol. The van der Waals surface area contributed by atoms with Crippen LogP contribution in [0.3, 0.4) is 0 Å². The number of aryl methyl sites for hydroxylation is 1. The van der Waals surface area contributed by atoms with Crippen molar-refractivity contribution in [1.82, 2.24) is 25.3 Å². The van der Waals surface area contributed by atoms with Crippen molar-refractivity contribution in [2.24, 2.45) is 13.0 Å². The highest BCUT2D eigenvalue weighted by Crippen LogP contribution is 2.33. The lowest BCUT2D eigenvalue weighted by Crippen LogP contribution is -2.25. The average molecular weight is 317 g/mol. The zero-order chi connectivity index (χ0) is 16.4. The van der Waals surface area contributed by atoms with Gasteiger partial charge in [0.25, 0.3) is 0 Å². The zero-order valence-corrected chi connectivity index (χ0v) is 14.5. The van der Waals surface area contributed by atoms with Gasteiger partial charge in [-0.3, -0.25) is 9.78 Å². The Balaban J connectivity index is 1.57. The van der Waals surface area contributed by atoms with E-state index in [-0.39, 0.29) is 11.5 Å². The first-order valence-electron chi connectivity index (χ1n) is 8.28. The Labute approximate surface area is 137 Å². The molecule has 126 valence electrons. The van der Waals surface area contributed by atoms with E-state index in [9.17, 15) is 0 Å². The van der Waals surface area contributed by atoms with Crippen LogP contribution in [-0.4, -0.2) is 33.1 Å². The molecule has 0 bridgehead atoms. The van der Waals surface area contributed by atoms with Crippen LogP contribution in [0.5, 0.6) is 0 Å². The van der Waals surface area contributed by atoms with Crippen LogP contribution in [-0.2, 0) is 23.7 Å². The van der Waals surface area contributed by atoms with Crippen LogP contribution in [0.15, 0.2) is 18.6 Å². The summed E-state index contributed by atoms with van der Waals surface area (Å²) in [5.74, 6) is 0.490. The molecule has 23 heavy (non-hydrogen) atoms. The van der Waals surface area contributed by atoms with Gasteiger partial charge in [-0.2, -0.15) is 10.2 Å². The van der Waals surface area contributed by atoms with Crippen molar-refractivity contribution in [3.8, 4) is 0 Å². The predicted molar refractivity (Wildman–Crippen MR) is 89.0 cm³/mol. The zero-order valence-electron chi connectivity index (χ0n) is 14.5. The van der Waals surface area contributed by atoms with Gasteiger partial charge in [0, 0.05) is 61.1 Å². The third-order valence-corrected chi connectivity index (χ3v) is 4.46. The van der Waals surface area contributed by atoms with Crippen LogP contribution < -0.4 is 5.32 Å². The number of ether oxygens (including phenoxy) is 1. The molecular weight excluding hydrogens is 290 g/mol. The number of aromatic nitrogens is 4. The molecule has 2 aromatic rings. The minimum absolute atomic E-state index is 0.0855. The highest BCUT2D eigenvalue weighted by Gasteiger charge is 2.30. The van der Waals surface area contributed by atoms with Crippen molar-refractivity contribution >= 4 is 0 Å². The SMILES string of the molecule is Cn1cc([C@@H]2OCC[C@H]2CNCc2cn[nH]c2C(C)(C)C)cn1. The molecule has 1 aliphatic heterocycles. The smallest absolute Gasteiger partial charge is 0.0896 e. The van der Waals surface area contributed by atoms with Crippen molar-refractivity contribution < 1.29 is 4.74 Å². The Morgan fingerprint density at radius 1 is 1.39 bits per heavy atom. The Hall–Kier alpha value is -1.66. The Morgan fingerprint density at radius 2 is 2.22 bits per heavy atom. The summed E-state index contributed by atoms with van der Waals surface area (Å²) >= 11 is 0. The van der Waals surface area contributed by atoms with Gasteiger partial charge in [-0.05, 0) is 6.42 Å². The molecule has 2 atom stereocenters. The van der Waals surface area contributed by atoms with Crippen LogP contribution in [0.2, 0.25) is 0 Å². The third-order valence-electron chi connectivity index (χ3n) is 4.46. The van der Waals surface area contributed by atoms with Crippen LogP contribution in [0.1, 0.15) is 50.1 Å². The van der Waals surface area contributed by atoms with Gasteiger partial charge in [0.15, 0.2) is 0 Å². The number of aromatic amines is 1. The quantitative estimate of drug-likeness (QED) is 0.888. The maximum Gasteiger partial charge on any atom is 0.0896 e. The standard InChI is InChI=1S/C17H27N5O/c1-17(2,3)16-13(9-19-21-16)8-18-7-12-5-6-23-15(12)14-10-20-22(4)11-14/h9-12,15,18H,5-8H2,1-4H3,(H,19,21)/t12-,15+/m0/s1. The number of nitrogens with one attached hydrogen (secondary N) is 2. The normalized spacial score (nSPS) is 21.9. The van der Waals surface area contributed by atoms with E-state index in [4.69, 9.17) is 4.74 Å². The lowest BCUT2D eigenvalue weighted by Gasteiger charge is -2.20. The number of hydrogen-bond acceptors (Lipinski definition) is 4. The predicted octanol–water partition coefficient (Wildman–Crippen LogP) is 2.31. The summed E-state index contributed by atoms with van der Waals surface area (Å²) in [5, 5.41) is 15.2. The number of H-pyrrole nitrogens is 1. The second kappa shape index (κ2) is 6.45. The molecule has 0 aliphatic carbocycles. The second-order valence-electron chi connectivity index (χ2n) is 7.44. The second-order valence-corrected chi connectivity index (χ2v) is 7.44. The van der Waals surface area contributed by atoms with E-state index in [1.54, 1.807) is 0 Å². The maximum atomic E-state index is 5.92. The van der Waals surface area contributed by atoms with Gasteiger partial charge in [-0.15, -0.1) is 0 Å². The van der Waals surface area contributed by atoms with E-state index < -0.39 is 0 Å². The summed E-state index contributed by atoms with van der Waals surface area (Å²) in [5.41, 5.74) is 3.71. The van der Waals surface area contributed by atoms with Gasteiger partial charge in [-0.1, -0.05) is 20.8 Å². The summed E-state index contributed by atoms with van der Waals surface area (Å²) in [7, 11) is 1.94. The molecule has 0 aromatic carbocycles. The first-order valence-corrected chi connectivity index (χ1v) is 8.28. The molecule has 1 saturated heterocycles. The molecule has 0 unspecified atom stereocenters. The molecule has 2 aromatic heterocycles. The van der Waals surface area contributed by atoms with E-state index in [0.29, 0.717) is 5.92 Å². The molecule has 3 rings (SSSR count). The summed E-state index contributed by atoms with van der Waals surface area (Å²) < 4.78 is 7.75. The minimum Gasteiger partial charge on any atom is -0.373 e. The summed E-state index contributed by atoms with van der Waals surface area (Å²) in [6.07, 6.45) is 7.14. The lowest BCUT2D eigenvalue weighted by molar-refractivity contribution is 0.0904. The summed E-state index contributed by atoms with van der Waals surface area (Å²) in [4.78, 5) is 0. The molecular formula is C17H27N5O. The van der Waals surface area contributed by atoms with Crippen molar-refractivity contribution in [3.05, 3.63) is 35.4 Å². The summed E-state index contributed by atoms with van der Waals surface area (Å²) in [6, 6.07) is 0. The van der Waals surface area contributed by atoms with Crippen molar-refractivity contribution in [1.29, 1.82) is 0 Å². The van der Waals surface area contributed by atoms with Gasteiger partial charge in [-0.25, -0.2) is 0 Å². The van der Waals surface area contributed by atoms with Crippen LogP contribution >= 0.6 is 0 Å². The topological polar surface area (TPSA) is 67.8 Å². The number of nitrogens with zero attached hydrogens (tertiary/aromatic N) is 3. The molecule has 0 radical (unpaired) electrons. The van der Waals surface area contributed by atoms with Gasteiger partial charge in [0.05, 0.1) is 18.5 Å². The van der Waals surface area contributed by atoms with Gasteiger partial charge in [0.1, 0.15) is 0 Å². The Morgan fingerprint density at radius 3 is 2.91 bits per heavy atom. The molecule has 6 heteroatoms. The minimum atomic E-state index is 0.0855. The molecule has 3 heterocycles. The highest BCUT2D eigenvalue weighted by molar-refractivity contribution is 5.23. The molecule has 2 N–H and O–H groups in total. The summed E-state index contributed by atoms with van der Waals surface area (Å²) in [6.45, 7) is 9.20. The molecule has 0 spiro atoms. The fourth-order valence-corrected chi connectivity index (χ4v) is 3.29. The van der Waals surface area contributed by atoms with Crippen LogP contribution in [0.4, 0.5) is 0 Å². The maximum absolute atomic E-state index is 5.92. The molecule has 0 amide bonds. The van der Waals surface area contributed by atoms with Crippen LogP contribution in [0.25, 0.3) is 0 Å². The van der Waals surface area contributed by atoms with E-state index in [0.717, 1.165) is 26.1 Å². The van der Waals surface area contributed by atoms with Gasteiger partial charge in [0.2, 0.25) is 0 Å². The van der Waals surface area contributed by atoms with Crippen molar-refractivity contribution in [3.63, 3.8) is 0 Å². The highest BCUT2D eigenvalue weighted by atomic mass is 16.5. The first-order chi connectivity index (χ1) is 10.9.